The molecule has 0 bridgehead atoms. The Kier molecular flexibility index (Phi) is 4.89. The lowest BCUT2D eigenvalue weighted by atomic mass is 9.90. The Morgan fingerprint density at radius 1 is 1.40 bits per heavy atom. The summed E-state index contributed by atoms with van der Waals surface area (Å²) in [5.41, 5.74) is 6.43. The van der Waals surface area contributed by atoms with Gasteiger partial charge in [0.25, 0.3) is 5.91 Å². The molecule has 0 aromatic heterocycles. The van der Waals surface area contributed by atoms with Crippen LogP contribution < -0.4 is 5.73 Å². The summed E-state index contributed by atoms with van der Waals surface area (Å²) >= 11 is 5.87. The first kappa shape index (κ1) is 15.1. The molecule has 1 aliphatic rings. The molecule has 20 heavy (non-hydrogen) atoms. The zero-order chi connectivity index (χ0) is 14.7. The van der Waals surface area contributed by atoms with E-state index >= 15 is 0 Å². The van der Waals surface area contributed by atoms with E-state index in [1.807, 2.05) is 11.8 Å². The smallest absolute Gasteiger partial charge is 0.254 e. The van der Waals surface area contributed by atoms with Crippen molar-refractivity contribution in [1.29, 1.82) is 0 Å². The number of phenolic OH excluding ortho intramolecular Hbond substituents is 1. The van der Waals surface area contributed by atoms with Gasteiger partial charge in [0.15, 0.2) is 0 Å². The van der Waals surface area contributed by atoms with Crippen LogP contribution in [0.25, 0.3) is 0 Å². The summed E-state index contributed by atoms with van der Waals surface area (Å²) in [6.45, 7) is 2.64. The number of hydrogen-bond donors (Lipinski definition) is 2. The van der Waals surface area contributed by atoms with Crippen LogP contribution in [0.2, 0.25) is 5.02 Å². The van der Waals surface area contributed by atoms with E-state index in [0.29, 0.717) is 12.1 Å². The third-order valence-electron chi connectivity index (χ3n) is 3.98. The van der Waals surface area contributed by atoms with Crippen molar-refractivity contribution in [3.63, 3.8) is 0 Å². The Morgan fingerprint density at radius 2 is 2.05 bits per heavy atom. The topological polar surface area (TPSA) is 66.6 Å². The number of amides is 1. The van der Waals surface area contributed by atoms with E-state index in [4.69, 9.17) is 17.3 Å². The second kappa shape index (κ2) is 6.46. The minimum atomic E-state index is -0.0325. The summed E-state index contributed by atoms with van der Waals surface area (Å²) < 4.78 is 0. The van der Waals surface area contributed by atoms with Crippen LogP contribution in [0.1, 0.15) is 43.0 Å². The average Bonchev–Trinajstić information content (AvgIpc) is 2.44. The van der Waals surface area contributed by atoms with Crippen LogP contribution in [0.3, 0.4) is 0 Å². The molecular formula is C15H21ClN2O2. The minimum absolute atomic E-state index is 0.00472. The number of aromatic hydroxyl groups is 1. The molecule has 110 valence electrons. The normalized spacial score (nSPS) is 22.6. The Hall–Kier alpha value is -1.26. The summed E-state index contributed by atoms with van der Waals surface area (Å²) in [6, 6.07) is 5.11. The zero-order valence-corrected chi connectivity index (χ0v) is 12.4. The van der Waals surface area contributed by atoms with Gasteiger partial charge in [0.1, 0.15) is 5.75 Å². The minimum Gasteiger partial charge on any atom is -0.506 e. The fraction of sp³-hybridized carbons (Fsp3) is 0.533. The van der Waals surface area contributed by atoms with E-state index in [9.17, 15) is 9.90 Å². The number of rotatable bonds is 3. The molecule has 4 nitrogen and oxygen atoms in total. The lowest BCUT2D eigenvalue weighted by molar-refractivity contribution is 0.0640. The second-order valence-corrected chi connectivity index (χ2v) is 5.73. The Morgan fingerprint density at radius 3 is 2.60 bits per heavy atom. The van der Waals surface area contributed by atoms with E-state index < -0.39 is 0 Å². The summed E-state index contributed by atoms with van der Waals surface area (Å²) in [5.74, 6) is -0.0372. The van der Waals surface area contributed by atoms with Crippen molar-refractivity contribution in [2.45, 2.75) is 44.7 Å². The van der Waals surface area contributed by atoms with Crippen molar-refractivity contribution in [3.8, 4) is 5.75 Å². The third-order valence-corrected chi connectivity index (χ3v) is 4.28. The number of hydrogen-bond acceptors (Lipinski definition) is 3. The van der Waals surface area contributed by atoms with E-state index in [0.717, 1.165) is 25.7 Å². The van der Waals surface area contributed by atoms with Gasteiger partial charge in [0.05, 0.1) is 5.02 Å². The number of nitrogens with two attached hydrogens (primary N) is 1. The van der Waals surface area contributed by atoms with Crippen molar-refractivity contribution in [2.75, 3.05) is 6.54 Å². The van der Waals surface area contributed by atoms with E-state index in [-0.39, 0.29) is 28.8 Å². The molecule has 1 saturated carbocycles. The SMILES string of the molecule is CCN(C(=O)c1ccc(O)c(Cl)c1)C1CCC(N)CC1. The summed E-state index contributed by atoms with van der Waals surface area (Å²) in [6.07, 6.45) is 3.83. The lowest BCUT2D eigenvalue weighted by Gasteiger charge is -2.35. The highest BCUT2D eigenvalue weighted by molar-refractivity contribution is 6.32. The van der Waals surface area contributed by atoms with Crippen molar-refractivity contribution in [2.24, 2.45) is 5.73 Å². The van der Waals surface area contributed by atoms with Crippen LogP contribution in [0.15, 0.2) is 18.2 Å². The van der Waals surface area contributed by atoms with Gasteiger partial charge in [-0.3, -0.25) is 4.79 Å². The molecule has 0 saturated heterocycles. The van der Waals surface area contributed by atoms with Gasteiger partial charge in [-0.05, 0) is 50.8 Å². The number of phenols is 1. The van der Waals surface area contributed by atoms with Crippen LogP contribution >= 0.6 is 11.6 Å². The molecule has 2 rings (SSSR count). The molecule has 1 aromatic rings. The maximum atomic E-state index is 12.6. The zero-order valence-electron chi connectivity index (χ0n) is 11.7. The predicted molar refractivity (Wildman–Crippen MR) is 80.1 cm³/mol. The van der Waals surface area contributed by atoms with Crippen molar-refractivity contribution in [3.05, 3.63) is 28.8 Å². The summed E-state index contributed by atoms with van der Waals surface area (Å²) in [5, 5.41) is 9.63. The lowest BCUT2D eigenvalue weighted by Crippen LogP contribution is -2.44. The predicted octanol–water partition coefficient (Wildman–Crippen LogP) is 2.78. The van der Waals surface area contributed by atoms with Crippen LogP contribution in [-0.2, 0) is 0 Å². The molecule has 1 fully saturated rings. The molecule has 1 aliphatic carbocycles. The quantitative estimate of drug-likeness (QED) is 0.901. The number of nitrogens with zero attached hydrogens (tertiary/aromatic N) is 1. The summed E-state index contributed by atoms with van der Waals surface area (Å²) in [4.78, 5) is 14.5. The van der Waals surface area contributed by atoms with Crippen molar-refractivity contribution >= 4 is 17.5 Å². The van der Waals surface area contributed by atoms with Crippen molar-refractivity contribution in [1.82, 2.24) is 4.90 Å². The second-order valence-electron chi connectivity index (χ2n) is 5.33. The molecule has 0 unspecified atom stereocenters. The van der Waals surface area contributed by atoms with Gasteiger partial charge in [-0.25, -0.2) is 0 Å². The highest BCUT2D eigenvalue weighted by Gasteiger charge is 2.27. The molecule has 1 aromatic carbocycles. The first-order chi connectivity index (χ1) is 9.52. The molecule has 0 radical (unpaired) electrons. The third kappa shape index (κ3) is 3.25. The molecule has 3 N–H and O–H groups in total. The highest BCUT2D eigenvalue weighted by Crippen LogP contribution is 2.27. The molecule has 5 heteroatoms. The Bertz CT molecular complexity index is 485. The van der Waals surface area contributed by atoms with E-state index in [1.54, 1.807) is 6.07 Å². The molecule has 0 spiro atoms. The van der Waals surface area contributed by atoms with Gasteiger partial charge in [0, 0.05) is 24.2 Å². The highest BCUT2D eigenvalue weighted by atomic mass is 35.5. The summed E-state index contributed by atoms with van der Waals surface area (Å²) in [7, 11) is 0. The van der Waals surface area contributed by atoms with Gasteiger partial charge in [-0.1, -0.05) is 11.6 Å². The van der Waals surface area contributed by atoms with Crippen LogP contribution in [0.5, 0.6) is 5.75 Å². The number of carbonyl (C=O) groups excluding carboxylic acids is 1. The maximum absolute atomic E-state index is 12.6. The van der Waals surface area contributed by atoms with Crippen LogP contribution in [0.4, 0.5) is 0 Å². The molecule has 0 atom stereocenters. The number of benzene rings is 1. The van der Waals surface area contributed by atoms with Gasteiger partial charge < -0.3 is 15.7 Å². The fourth-order valence-corrected chi connectivity index (χ4v) is 2.97. The fourth-order valence-electron chi connectivity index (χ4n) is 2.79. The van der Waals surface area contributed by atoms with Crippen LogP contribution in [-0.4, -0.2) is 34.5 Å². The maximum Gasteiger partial charge on any atom is 0.254 e. The first-order valence-corrected chi connectivity index (χ1v) is 7.45. The molecule has 0 aliphatic heterocycles. The number of carbonyl (C=O) groups is 1. The standard InChI is InChI=1S/C15H21ClN2O2/c1-2-18(12-6-4-11(17)5-7-12)15(20)10-3-8-14(19)13(16)9-10/h3,8-9,11-12,19H,2,4-7,17H2,1H3. The van der Waals surface area contributed by atoms with E-state index in [2.05, 4.69) is 0 Å². The van der Waals surface area contributed by atoms with E-state index in [1.165, 1.54) is 12.1 Å². The molecule has 1 amide bonds. The van der Waals surface area contributed by atoms with Gasteiger partial charge >= 0.3 is 0 Å². The van der Waals surface area contributed by atoms with Crippen molar-refractivity contribution < 1.29 is 9.90 Å². The number of halogens is 1. The van der Waals surface area contributed by atoms with Gasteiger partial charge in [-0.2, -0.15) is 0 Å². The Labute approximate surface area is 124 Å². The van der Waals surface area contributed by atoms with Gasteiger partial charge in [-0.15, -0.1) is 0 Å². The molecular weight excluding hydrogens is 276 g/mol. The largest absolute Gasteiger partial charge is 0.506 e. The monoisotopic (exact) mass is 296 g/mol. The average molecular weight is 297 g/mol. The van der Waals surface area contributed by atoms with Crippen LogP contribution in [0, 0.1) is 0 Å². The Balaban J connectivity index is 2.14. The van der Waals surface area contributed by atoms with Gasteiger partial charge in [0.2, 0.25) is 0 Å². The first-order valence-electron chi connectivity index (χ1n) is 7.08. The molecule has 0 heterocycles.